The largest absolute Gasteiger partial charge is 0.454 e. The summed E-state index contributed by atoms with van der Waals surface area (Å²) in [4.78, 5) is 20.5. The Morgan fingerprint density at radius 1 is 1.07 bits per heavy atom. The fraction of sp³-hybridized carbons (Fsp3) is 0.364. The van der Waals surface area contributed by atoms with Gasteiger partial charge in [-0.15, -0.1) is 0 Å². The van der Waals surface area contributed by atoms with Crippen LogP contribution in [0.4, 0.5) is 5.95 Å². The van der Waals surface area contributed by atoms with Crippen LogP contribution in [0.15, 0.2) is 42.5 Å². The number of nitrogens with zero attached hydrogens (tertiary/aromatic N) is 1. The first-order valence-electron chi connectivity index (χ1n) is 10.1. The predicted octanol–water partition coefficient (Wildman–Crippen LogP) is 3.58. The van der Waals surface area contributed by atoms with Crippen LogP contribution in [0, 0.1) is 5.92 Å². The minimum Gasteiger partial charge on any atom is -0.454 e. The molecule has 1 amide bonds. The van der Waals surface area contributed by atoms with Gasteiger partial charge in [-0.2, -0.15) is 0 Å². The summed E-state index contributed by atoms with van der Waals surface area (Å²) >= 11 is 0. The van der Waals surface area contributed by atoms with Crippen LogP contribution in [0.25, 0.3) is 11.0 Å². The van der Waals surface area contributed by atoms with Gasteiger partial charge in [-0.3, -0.25) is 4.79 Å². The second-order valence-electron chi connectivity index (χ2n) is 7.70. The first-order chi connectivity index (χ1) is 14.2. The van der Waals surface area contributed by atoms with E-state index in [1.807, 2.05) is 42.5 Å². The van der Waals surface area contributed by atoms with Gasteiger partial charge < -0.3 is 25.1 Å². The third-order valence-corrected chi connectivity index (χ3v) is 5.73. The number of nitrogens with one attached hydrogen (secondary N) is 3. The van der Waals surface area contributed by atoms with Crippen LogP contribution < -0.4 is 20.1 Å². The van der Waals surface area contributed by atoms with Crippen molar-refractivity contribution < 1.29 is 14.3 Å². The summed E-state index contributed by atoms with van der Waals surface area (Å²) in [7, 11) is 0. The van der Waals surface area contributed by atoms with Gasteiger partial charge in [-0.25, -0.2) is 4.98 Å². The van der Waals surface area contributed by atoms with Crippen LogP contribution in [0.3, 0.4) is 0 Å². The Hall–Kier alpha value is -3.22. The van der Waals surface area contributed by atoms with E-state index in [4.69, 9.17) is 9.47 Å². The minimum absolute atomic E-state index is 0.0673. The molecule has 3 N–H and O–H groups in total. The summed E-state index contributed by atoms with van der Waals surface area (Å²) < 4.78 is 10.7. The number of carbonyl (C=O) groups excluding carboxylic acids is 1. The number of imidazole rings is 1. The zero-order valence-corrected chi connectivity index (χ0v) is 16.1. The number of hydrogen-bond acceptors (Lipinski definition) is 5. The highest BCUT2D eigenvalue weighted by Gasteiger charge is 2.26. The molecule has 29 heavy (non-hydrogen) atoms. The van der Waals surface area contributed by atoms with Gasteiger partial charge in [0.2, 0.25) is 18.6 Å². The van der Waals surface area contributed by atoms with Crippen LogP contribution in [0.2, 0.25) is 0 Å². The normalized spacial score (nSPS) is 20.6. The van der Waals surface area contributed by atoms with Gasteiger partial charge in [0, 0.05) is 18.5 Å². The molecule has 150 valence electrons. The van der Waals surface area contributed by atoms with Crippen molar-refractivity contribution >= 4 is 22.9 Å². The highest BCUT2D eigenvalue weighted by atomic mass is 16.7. The molecule has 3 aromatic rings. The lowest BCUT2D eigenvalue weighted by molar-refractivity contribution is -0.126. The molecular weight excluding hydrogens is 368 g/mol. The monoisotopic (exact) mass is 392 g/mol. The molecule has 2 heterocycles. The number of H-pyrrole nitrogens is 1. The van der Waals surface area contributed by atoms with Crippen LogP contribution in [0.1, 0.15) is 31.2 Å². The van der Waals surface area contributed by atoms with Crippen LogP contribution in [-0.4, -0.2) is 28.7 Å². The van der Waals surface area contributed by atoms with Crippen molar-refractivity contribution in [2.24, 2.45) is 5.92 Å². The Balaban J connectivity index is 1.11. The summed E-state index contributed by atoms with van der Waals surface area (Å²) in [6.07, 6.45) is 3.67. The highest BCUT2D eigenvalue weighted by Crippen LogP contribution is 2.32. The van der Waals surface area contributed by atoms with Gasteiger partial charge in [-0.1, -0.05) is 18.2 Å². The van der Waals surface area contributed by atoms with E-state index in [0.717, 1.165) is 59.7 Å². The van der Waals surface area contributed by atoms with Crippen molar-refractivity contribution in [1.29, 1.82) is 0 Å². The highest BCUT2D eigenvalue weighted by molar-refractivity contribution is 5.79. The third-order valence-electron chi connectivity index (χ3n) is 5.73. The molecule has 2 aromatic carbocycles. The van der Waals surface area contributed by atoms with Crippen molar-refractivity contribution in [3.8, 4) is 11.5 Å². The fourth-order valence-electron chi connectivity index (χ4n) is 4.10. The van der Waals surface area contributed by atoms with E-state index >= 15 is 0 Å². The lowest BCUT2D eigenvalue weighted by Crippen LogP contribution is -2.35. The maximum atomic E-state index is 12.6. The van der Waals surface area contributed by atoms with E-state index in [2.05, 4.69) is 20.6 Å². The van der Waals surface area contributed by atoms with E-state index in [9.17, 15) is 4.79 Å². The van der Waals surface area contributed by atoms with Crippen molar-refractivity contribution in [2.45, 2.75) is 38.3 Å². The molecule has 1 saturated carbocycles. The van der Waals surface area contributed by atoms with Gasteiger partial charge in [0.25, 0.3) is 0 Å². The Morgan fingerprint density at radius 2 is 1.90 bits per heavy atom. The summed E-state index contributed by atoms with van der Waals surface area (Å²) in [5.41, 5.74) is 3.01. The first kappa shape index (κ1) is 17.8. The van der Waals surface area contributed by atoms with Crippen molar-refractivity contribution in [1.82, 2.24) is 15.3 Å². The molecule has 1 aliphatic carbocycles. The Morgan fingerprint density at radius 3 is 2.76 bits per heavy atom. The average Bonchev–Trinajstić information content (AvgIpc) is 3.38. The molecule has 0 bridgehead atoms. The Labute approximate surface area is 168 Å². The molecular formula is C22H24N4O3. The fourth-order valence-corrected chi connectivity index (χ4v) is 4.10. The number of anilines is 1. The van der Waals surface area contributed by atoms with E-state index in [1.165, 1.54) is 0 Å². The first-order valence-corrected chi connectivity index (χ1v) is 10.1. The molecule has 7 nitrogen and oxygen atoms in total. The Bertz CT molecular complexity index is 991. The molecule has 5 rings (SSSR count). The molecule has 1 aromatic heterocycles. The lowest BCUT2D eigenvalue weighted by atomic mass is 9.85. The zero-order chi connectivity index (χ0) is 19.6. The van der Waals surface area contributed by atoms with E-state index in [-0.39, 0.29) is 18.6 Å². The second-order valence-corrected chi connectivity index (χ2v) is 7.70. The third kappa shape index (κ3) is 3.85. The molecule has 0 saturated heterocycles. The van der Waals surface area contributed by atoms with E-state index in [1.54, 1.807) is 0 Å². The number of fused-ring (bicyclic) bond motifs is 2. The molecule has 0 unspecified atom stereocenters. The number of ether oxygens (including phenoxy) is 2. The maximum absolute atomic E-state index is 12.6. The van der Waals surface area contributed by atoms with Gasteiger partial charge in [0.1, 0.15) is 0 Å². The number of carbonyl (C=O) groups is 1. The molecule has 0 atom stereocenters. The van der Waals surface area contributed by atoms with Gasteiger partial charge in [0.05, 0.1) is 11.0 Å². The van der Waals surface area contributed by atoms with Crippen molar-refractivity contribution in [3.05, 3.63) is 48.0 Å². The van der Waals surface area contributed by atoms with Crippen molar-refractivity contribution in [3.63, 3.8) is 0 Å². The topological polar surface area (TPSA) is 88.3 Å². The molecule has 0 radical (unpaired) electrons. The van der Waals surface area contributed by atoms with Gasteiger partial charge in [-0.05, 0) is 55.5 Å². The molecule has 0 spiro atoms. The second kappa shape index (κ2) is 7.66. The predicted molar refractivity (Wildman–Crippen MR) is 110 cm³/mol. The van der Waals surface area contributed by atoms with Crippen molar-refractivity contribution in [2.75, 3.05) is 12.1 Å². The quantitative estimate of drug-likeness (QED) is 0.618. The zero-order valence-electron chi connectivity index (χ0n) is 16.1. The van der Waals surface area contributed by atoms with E-state index < -0.39 is 0 Å². The number of aromatic nitrogens is 2. The molecule has 2 aliphatic rings. The number of rotatable bonds is 5. The minimum atomic E-state index is 0.0673. The van der Waals surface area contributed by atoms with Crippen LogP contribution in [0.5, 0.6) is 11.5 Å². The van der Waals surface area contributed by atoms with Crippen LogP contribution in [-0.2, 0) is 11.3 Å². The lowest BCUT2D eigenvalue weighted by Gasteiger charge is -2.28. The molecule has 1 aliphatic heterocycles. The summed E-state index contributed by atoms with van der Waals surface area (Å²) in [6.45, 7) is 0.767. The van der Waals surface area contributed by atoms with Crippen LogP contribution >= 0.6 is 0 Å². The summed E-state index contributed by atoms with van der Waals surface area (Å²) in [5, 5.41) is 6.56. The van der Waals surface area contributed by atoms with Gasteiger partial charge in [0.15, 0.2) is 11.5 Å². The summed E-state index contributed by atoms with van der Waals surface area (Å²) in [5.74, 6) is 2.51. The maximum Gasteiger partial charge on any atom is 0.231 e. The van der Waals surface area contributed by atoms with Gasteiger partial charge >= 0.3 is 0 Å². The average molecular weight is 392 g/mol. The van der Waals surface area contributed by atoms with E-state index in [0.29, 0.717) is 12.6 Å². The molecule has 7 heteroatoms. The number of benzene rings is 2. The standard InChI is InChI=1S/C22H24N4O3/c27-21(23-12-14-5-10-19-20(11-14)29-13-28-19)15-6-8-16(9-7-15)24-22-25-17-3-1-2-4-18(17)26-22/h1-5,10-11,15-16H,6-9,12-13H2,(H,23,27)(H2,24,25,26). The smallest absolute Gasteiger partial charge is 0.231 e. The Kier molecular flexibility index (Phi) is 4.71. The summed E-state index contributed by atoms with van der Waals surface area (Å²) in [6, 6.07) is 14.1. The SMILES string of the molecule is O=C(NCc1ccc2c(c1)OCO2)C1CCC(Nc2nc3ccccc3[nH]2)CC1. The number of amides is 1. The number of aromatic amines is 1. The number of hydrogen-bond donors (Lipinski definition) is 3. The number of para-hydroxylation sites is 2. The molecule has 1 fully saturated rings.